The number of nitrogens with one attached hydrogen (secondary N) is 1. The third kappa shape index (κ3) is 3.96. The first kappa shape index (κ1) is 20.9. The second kappa shape index (κ2) is 8.52. The van der Waals surface area contributed by atoms with E-state index in [0.29, 0.717) is 37.3 Å². The van der Waals surface area contributed by atoms with E-state index in [0.717, 1.165) is 10.4 Å². The van der Waals surface area contributed by atoms with Crippen molar-refractivity contribution in [1.29, 1.82) is 0 Å². The minimum Gasteiger partial charge on any atom is -0.355 e. The van der Waals surface area contributed by atoms with Crippen molar-refractivity contribution in [3.05, 3.63) is 88.1 Å². The summed E-state index contributed by atoms with van der Waals surface area (Å²) >= 11 is 1.63. The molecule has 1 amide bonds. The second-order valence-electron chi connectivity index (χ2n) is 8.02. The van der Waals surface area contributed by atoms with E-state index in [1.165, 1.54) is 0 Å². The van der Waals surface area contributed by atoms with E-state index >= 15 is 0 Å². The minimum absolute atomic E-state index is 0.0354. The number of carbonyl (C=O) groups excluding carboxylic acids is 1. The van der Waals surface area contributed by atoms with Gasteiger partial charge in [0, 0.05) is 29.4 Å². The molecule has 0 bridgehead atoms. The Kier molecular flexibility index (Phi) is 5.57. The number of benzene rings is 2. The Hall–Kier alpha value is -2.97. The number of hydrogen-bond acceptors (Lipinski definition) is 5. The van der Waals surface area contributed by atoms with Gasteiger partial charge in [-0.15, -0.1) is 15.7 Å². The van der Waals surface area contributed by atoms with Crippen LogP contribution in [0.25, 0.3) is 0 Å². The van der Waals surface area contributed by atoms with Crippen LogP contribution in [0.5, 0.6) is 0 Å². The van der Waals surface area contributed by atoms with Crippen LogP contribution in [0.15, 0.2) is 81.4 Å². The molecule has 3 heterocycles. The minimum atomic E-state index is -3.64. The van der Waals surface area contributed by atoms with Gasteiger partial charge in [-0.1, -0.05) is 48.5 Å². The van der Waals surface area contributed by atoms with Crippen molar-refractivity contribution in [2.75, 3.05) is 13.1 Å². The highest BCUT2D eigenvalue weighted by Crippen LogP contribution is 2.31. The number of carbonyl (C=O) groups is 1. The molecule has 1 aromatic heterocycles. The first-order valence-corrected chi connectivity index (χ1v) is 12.9. The largest absolute Gasteiger partial charge is 0.355 e. The Balaban J connectivity index is 1.28. The average molecular weight is 466 g/mol. The molecular formula is C24H23N3O3S2. The molecular weight excluding hydrogens is 442 g/mol. The number of amidine groups is 1. The smallest absolute Gasteiger partial charge is 0.285 e. The predicted octanol–water partition coefficient (Wildman–Crippen LogP) is 3.81. The number of piperidine rings is 1. The Labute approximate surface area is 191 Å². The summed E-state index contributed by atoms with van der Waals surface area (Å²) in [5.74, 6) is 0.416. The number of hydrogen-bond donors (Lipinski definition) is 1. The van der Waals surface area contributed by atoms with Gasteiger partial charge in [0.1, 0.15) is 4.90 Å². The van der Waals surface area contributed by atoms with Crippen LogP contribution in [-0.2, 0) is 14.8 Å². The summed E-state index contributed by atoms with van der Waals surface area (Å²) in [4.78, 5) is 16.5. The third-order valence-corrected chi connectivity index (χ3v) is 8.29. The van der Waals surface area contributed by atoms with Crippen LogP contribution in [0.1, 0.15) is 34.9 Å². The van der Waals surface area contributed by atoms with Crippen molar-refractivity contribution in [3.63, 3.8) is 0 Å². The maximum absolute atomic E-state index is 13.2. The average Bonchev–Trinajstić information content (AvgIpc) is 3.45. The summed E-state index contributed by atoms with van der Waals surface area (Å²) < 4.78 is 28.8. The lowest BCUT2D eigenvalue weighted by atomic mass is 9.94. The van der Waals surface area contributed by atoms with Crippen molar-refractivity contribution in [2.45, 2.75) is 23.8 Å². The Morgan fingerprint density at radius 1 is 1.00 bits per heavy atom. The Morgan fingerprint density at radius 3 is 2.44 bits per heavy atom. The van der Waals surface area contributed by atoms with E-state index in [2.05, 4.69) is 9.71 Å². The van der Waals surface area contributed by atoms with Crippen LogP contribution < -0.4 is 5.32 Å². The van der Waals surface area contributed by atoms with Crippen LogP contribution in [-0.4, -0.2) is 38.2 Å². The molecule has 5 rings (SSSR count). The molecule has 1 atom stereocenters. The van der Waals surface area contributed by atoms with Gasteiger partial charge in [0.25, 0.3) is 10.0 Å². The van der Waals surface area contributed by atoms with E-state index in [4.69, 9.17) is 0 Å². The van der Waals surface area contributed by atoms with E-state index in [1.807, 2.05) is 58.8 Å². The third-order valence-electron chi connectivity index (χ3n) is 6.03. The van der Waals surface area contributed by atoms with E-state index < -0.39 is 10.0 Å². The van der Waals surface area contributed by atoms with Crippen LogP contribution in [0.3, 0.4) is 0 Å². The van der Waals surface area contributed by atoms with Crippen molar-refractivity contribution < 1.29 is 13.2 Å². The summed E-state index contributed by atoms with van der Waals surface area (Å²) in [6, 6.07) is 20.8. The van der Waals surface area contributed by atoms with E-state index in [9.17, 15) is 13.2 Å². The van der Waals surface area contributed by atoms with Crippen LogP contribution in [0.4, 0.5) is 0 Å². The van der Waals surface area contributed by atoms with E-state index in [-0.39, 0.29) is 22.8 Å². The highest BCUT2D eigenvalue weighted by atomic mass is 32.2. The zero-order valence-corrected chi connectivity index (χ0v) is 19.0. The number of likely N-dealkylation sites (tertiary alicyclic amines) is 1. The molecule has 1 saturated heterocycles. The summed E-state index contributed by atoms with van der Waals surface area (Å²) in [7, 11) is -3.64. The van der Waals surface area contributed by atoms with Crippen LogP contribution in [0, 0.1) is 5.92 Å². The number of thiophene rings is 1. The molecule has 2 aromatic carbocycles. The van der Waals surface area contributed by atoms with Crippen molar-refractivity contribution in [1.82, 2.24) is 10.2 Å². The molecule has 1 N–H and O–H groups in total. The summed E-state index contributed by atoms with van der Waals surface area (Å²) in [6.45, 7) is 1.19. The first-order valence-electron chi connectivity index (χ1n) is 10.6. The van der Waals surface area contributed by atoms with Gasteiger partial charge in [-0.25, -0.2) is 0 Å². The van der Waals surface area contributed by atoms with Gasteiger partial charge in [-0.05, 0) is 42.0 Å². The standard InChI is InChI=1S/C24H23N3O3S2/c28-24(25-22(20-10-6-16-31-20)17-7-2-1-3-8-17)18-12-14-27(15-13-18)23-19-9-4-5-11-21(19)32(29,30)26-23/h1-11,16,18,22H,12-15H2,(H,25,28). The van der Waals surface area contributed by atoms with Gasteiger partial charge in [0.2, 0.25) is 5.91 Å². The van der Waals surface area contributed by atoms with E-state index in [1.54, 1.807) is 29.5 Å². The molecule has 2 aliphatic heterocycles. The number of fused-ring (bicyclic) bond motifs is 1. The van der Waals surface area contributed by atoms with Crippen molar-refractivity contribution in [3.8, 4) is 0 Å². The zero-order chi connectivity index (χ0) is 22.1. The molecule has 32 heavy (non-hydrogen) atoms. The molecule has 3 aromatic rings. The molecule has 0 radical (unpaired) electrons. The fraction of sp³-hybridized carbons (Fsp3) is 0.250. The van der Waals surface area contributed by atoms with Gasteiger partial charge >= 0.3 is 0 Å². The zero-order valence-electron chi connectivity index (χ0n) is 17.3. The summed E-state index contributed by atoms with van der Waals surface area (Å²) in [5.41, 5.74) is 1.71. The molecule has 1 unspecified atom stereocenters. The summed E-state index contributed by atoms with van der Waals surface area (Å²) in [5, 5.41) is 5.26. The summed E-state index contributed by atoms with van der Waals surface area (Å²) in [6.07, 6.45) is 1.30. The van der Waals surface area contributed by atoms with Gasteiger partial charge in [-0.3, -0.25) is 4.79 Å². The second-order valence-corrected chi connectivity index (χ2v) is 10.6. The molecule has 164 valence electrons. The van der Waals surface area contributed by atoms with Gasteiger partial charge in [0.05, 0.1) is 6.04 Å². The Morgan fingerprint density at radius 2 is 1.72 bits per heavy atom. The molecule has 1 fully saturated rings. The highest BCUT2D eigenvalue weighted by molar-refractivity contribution is 7.90. The number of rotatable bonds is 4. The lowest BCUT2D eigenvalue weighted by molar-refractivity contribution is -0.126. The maximum Gasteiger partial charge on any atom is 0.285 e. The molecule has 0 spiro atoms. The molecule has 8 heteroatoms. The topological polar surface area (TPSA) is 78.8 Å². The van der Waals surface area contributed by atoms with Crippen molar-refractivity contribution in [2.24, 2.45) is 10.3 Å². The van der Waals surface area contributed by atoms with Gasteiger partial charge in [-0.2, -0.15) is 8.42 Å². The maximum atomic E-state index is 13.2. The fourth-order valence-corrected chi connectivity index (χ4v) is 6.38. The predicted molar refractivity (Wildman–Crippen MR) is 125 cm³/mol. The molecule has 2 aliphatic rings. The Bertz CT molecular complexity index is 1250. The number of nitrogens with zero attached hydrogens (tertiary/aromatic N) is 2. The van der Waals surface area contributed by atoms with Crippen LogP contribution in [0.2, 0.25) is 0 Å². The first-order chi connectivity index (χ1) is 15.5. The highest BCUT2D eigenvalue weighted by Gasteiger charge is 2.35. The number of sulfonamides is 1. The van der Waals surface area contributed by atoms with Crippen molar-refractivity contribution >= 4 is 33.1 Å². The number of amides is 1. The lowest BCUT2D eigenvalue weighted by Crippen LogP contribution is -2.43. The van der Waals surface area contributed by atoms with Gasteiger partial charge < -0.3 is 10.2 Å². The van der Waals surface area contributed by atoms with Gasteiger partial charge in [0.15, 0.2) is 5.84 Å². The molecule has 0 aliphatic carbocycles. The quantitative estimate of drug-likeness (QED) is 0.635. The normalized spacial score (nSPS) is 18.6. The fourth-order valence-electron chi connectivity index (χ4n) is 4.35. The lowest BCUT2D eigenvalue weighted by Gasteiger charge is -2.33. The SMILES string of the molecule is O=C(NC(c1ccccc1)c1cccs1)C1CCN(C2=NS(=O)(=O)c3ccccc32)CC1. The molecule has 0 saturated carbocycles. The molecule has 6 nitrogen and oxygen atoms in total. The van der Waals surface area contributed by atoms with Crippen LogP contribution >= 0.6 is 11.3 Å². The monoisotopic (exact) mass is 465 g/mol.